The van der Waals surface area contributed by atoms with Gasteiger partial charge in [0.1, 0.15) is 5.76 Å². The summed E-state index contributed by atoms with van der Waals surface area (Å²) in [5, 5.41) is 6.31. The Morgan fingerprint density at radius 3 is 2.40 bits per heavy atom. The van der Waals surface area contributed by atoms with E-state index in [9.17, 15) is 9.59 Å². The van der Waals surface area contributed by atoms with Crippen LogP contribution in [0.4, 0.5) is 16.5 Å². The van der Waals surface area contributed by atoms with E-state index in [-0.39, 0.29) is 17.2 Å². The standard InChI is InChI=1S/C25H33N5O3S2/c1-25(2,3)19-14-27-22(33-19)16-34-23-15-28-24(35-23)30-21(32)12-7-5-4-6-11-20(31)29-18-10-8-9-17(26)13-18/h8-10,13-15H,4-7,11-12,16,26H2,1-3H3,(H,29,31)(H,28,30,32). The van der Waals surface area contributed by atoms with Crippen LogP contribution in [-0.4, -0.2) is 21.8 Å². The highest BCUT2D eigenvalue weighted by Gasteiger charge is 2.19. The summed E-state index contributed by atoms with van der Waals surface area (Å²) in [5.74, 6) is 2.09. The fraction of sp³-hybridized carbons (Fsp3) is 0.440. The maximum absolute atomic E-state index is 12.2. The molecule has 0 radical (unpaired) electrons. The highest BCUT2D eigenvalue weighted by molar-refractivity contribution is 8.00. The number of rotatable bonds is 12. The number of nitrogens with two attached hydrogens (primary N) is 1. The first kappa shape index (κ1) is 26.7. The molecule has 8 nitrogen and oxygen atoms in total. The highest BCUT2D eigenvalue weighted by atomic mass is 32.2. The lowest BCUT2D eigenvalue weighted by Gasteiger charge is -2.12. The molecule has 0 unspecified atom stereocenters. The second kappa shape index (κ2) is 12.7. The van der Waals surface area contributed by atoms with Gasteiger partial charge < -0.3 is 20.8 Å². The Bertz CT molecular complexity index is 1120. The second-order valence-electron chi connectivity index (χ2n) is 9.28. The lowest BCUT2D eigenvalue weighted by molar-refractivity contribution is -0.117. The van der Waals surface area contributed by atoms with Gasteiger partial charge in [0.25, 0.3) is 0 Å². The molecule has 0 fully saturated rings. The number of thioether (sulfide) groups is 1. The van der Waals surface area contributed by atoms with Crippen molar-refractivity contribution in [3.8, 4) is 0 Å². The first-order chi connectivity index (χ1) is 16.7. The summed E-state index contributed by atoms with van der Waals surface area (Å²) in [7, 11) is 0. The van der Waals surface area contributed by atoms with E-state index in [1.165, 1.54) is 11.3 Å². The monoisotopic (exact) mass is 515 g/mol. The zero-order valence-electron chi connectivity index (χ0n) is 20.4. The van der Waals surface area contributed by atoms with Crippen LogP contribution in [0.25, 0.3) is 0 Å². The van der Waals surface area contributed by atoms with Crippen molar-refractivity contribution < 1.29 is 14.0 Å². The average Bonchev–Trinajstić information content (AvgIpc) is 3.44. The first-order valence-electron chi connectivity index (χ1n) is 11.7. The number of hydrogen-bond acceptors (Lipinski definition) is 8. The molecule has 35 heavy (non-hydrogen) atoms. The molecule has 0 aliphatic carbocycles. The number of anilines is 3. The second-order valence-corrected chi connectivity index (χ2v) is 11.6. The summed E-state index contributed by atoms with van der Waals surface area (Å²) in [5.41, 5.74) is 6.98. The molecule has 3 rings (SSSR count). The van der Waals surface area contributed by atoms with Crippen molar-refractivity contribution in [3.63, 3.8) is 0 Å². The summed E-state index contributed by atoms with van der Waals surface area (Å²) < 4.78 is 6.81. The topological polar surface area (TPSA) is 123 Å². The number of nitrogen functional groups attached to an aromatic ring is 1. The number of carbonyl (C=O) groups is 2. The lowest BCUT2D eigenvalue weighted by atomic mass is 9.94. The van der Waals surface area contributed by atoms with E-state index in [0.29, 0.717) is 41.0 Å². The molecule has 10 heteroatoms. The van der Waals surface area contributed by atoms with Crippen LogP contribution >= 0.6 is 23.1 Å². The number of carbonyl (C=O) groups excluding carboxylic acids is 2. The van der Waals surface area contributed by atoms with Crippen molar-refractivity contribution in [2.24, 2.45) is 0 Å². The van der Waals surface area contributed by atoms with Crippen molar-refractivity contribution in [1.82, 2.24) is 9.97 Å². The lowest BCUT2D eigenvalue weighted by Crippen LogP contribution is -2.11. The van der Waals surface area contributed by atoms with Crippen LogP contribution in [0.2, 0.25) is 0 Å². The number of amides is 2. The van der Waals surface area contributed by atoms with Gasteiger partial charge in [-0.15, -0.1) is 11.8 Å². The third-order valence-corrected chi connectivity index (χ3v) is 7.18. The van der Waals surface area contributed by atoms with Crippen LogP contribution in [0.15, 0.2) is 45.3 Å². The molecule has 0 spiro atoms. The zero-order chi connectivity index (χ0) is 25.3. The summed E-state index contributed by atoms with van der Waals surface area (Å²) >= 11 is 3.03. The van der Waals surface area contributed by atoms with Gasteiger partial charge in [0.15, 0.2) is 5.13 Å². The molecule has 3 aromatic rings. The van der Waals surface area contributed by atoms with Crippen molar-refractivity contribution in [2.75, 3.05) is 16.4 Å². The van der Waals surface area contributed by atoms with Gasteiger partial charge in [-0.25, -0.2) is 9.97 Å². The largest absolute Gasteiger partial charge is 0.444 e. The van der Waals surface area contributed by atoms with Crippen LogP contribution in [0.5, 0.6) is 0 Å². The summed E-state index contributed by atoms with van der Waals surface area (Å²) in [4.78, 5) is 32.9. The molecule has 0 aliphatic rings. The van der Waals surface area contributed by atoms with Gasteiger partial charge in [-0.1, -0.05) is 51.0 Å². The molecule has 0 atom stereocenters. The minimum Gasteiger partial charge on any atom is -0.444 e. The van der Waals surface area contributed by atoms with Crippen LogP contribution in [0.1, 0.15) is 70.9 Å². The Labute approximate surface area is 214 Å². The van der Waals surface area contributed by atoms with E-state index < -0.39 is 0 Å². The number of unbranched alkanes of at least 4 members (excludes halogenated alkanes) is 3. The molecular weight excluding hydrogens is 482 g/mol. The van der Waals surface area contributed by atoms with Crippen molar-refractivity contribution in [3.05, 3.63) is 48.3 Å². The molecule has 2 aromatic heterocycles. The van der Waals surface area contributed by atoms with Crippen molar-refractivity contribution >= 4 is 51.4 Å². The molecule has 188 valence electrons. The zero-order valence-corrected chi connectivity index (χ0v) is 22.1. The van der Waals surface area contributed by atoms with Crippen LogP contribution < -0.4 is 16.4 Å². The van der Waals surface area contributed by atoms with Gasteiger partial charge in [0.05, 0.1) is 22.4 Å². The maximum Gasteiger partial charge on any atom is 0.226 e. The van der Waals surface area contributed by atoms with Gasteiger partial charge in [0.2, 0.25) is 17.7 Å². The Balaban J connectivity index is 1.27. The van der Waals surface area contributed by atoms with E-state index in [0.717, 1.165) is 35.7 Å². The fourth-order valence-corrected chi connectivity index (χ4v) is 4.93. The quantitative estimate of drug-likeness (QED) is 0.149. The molecule has 4 N–H and O–H groups in total. The molecule has 0 aliphatic heterocycles. The van der Waals surface area contributed by atoms with Gasteiger partial charge in [-0.05, 0) is 31.0 Å². The molecule has 0 bridgehead atoms. The average molecular weight is 516 g/mol. The van der Waals surface area contributed by atoms with E-state index in [2.05, 4.69) is 41.4 Å². The van der Waals surface area contributed by atoms with Gasteiger partial charge in [-0.2, -0.15) is 0 Å². The molecule has 2 heterocycles. The Morgan fingerprint density at radius 1 is 1.03 bits per heavy atom. The number of benzene rings is 1. The van der Waals surface area contributed by atoms with E-state index in [4.69, 9.17) is 10.2 Å². The van der Waals surface area contributed by atoms with Crippen molar-refractivity contribution in [2.45, 2.75) is 74.7 Å². The minimum absolute atomic E-state index is 0.0248. The SMILES string of the molecule is CC(C)(C)c1cnc(CSc2cnc(NC(=O)CCCCCCC(=O)Nc3cccc(N)c3)s2)o1. The Hall–Kier alpha value is -2.85. The third kappa shape index (κ3) is 9.37. The van der Waals surface area contributed by atoms with E-state index in [1.807, 2.05) is 12.1 Å². The predicted octanol–water partition coefficient (Wildman–Crippen LogP) is 6.22. The third-order valence-electron chi connectivity index (χ3n) is 5.09. The number of nitrogens with one attached hydrogen (secondary N) is 2. The van der Waals surface area contributed by atoms with E-state index >= 15 is 0 Å². The van der Waals surface area contributed by atoms with Gasteiger partial charge in [0, 0.05) is 29.6 Å². The van der Waals surface area contributed by atoms with E-state index in [1.54, 1.807) is 36.3 Å². The van der Waals surface area contributed by atoms with Crippen LogP contribution in [-0.2, 0) is 20.8 Å². The molecule has 0 saturated carbocycles. The number of oxazole rings is 1. The molecular formula is C25H33N5O3S2. The maximum atomic E-state index is 12.2. The molecule has 1 aromatic carbocycles. The smallest absolute Gasteiger partial charge is 0.226 e. The minimum atomic E-state index is -0.0652. The number of aromatic nitrogens is 2. The molecule has 0 saturated heterocycles. The van der Waals surface area contributed by atoms with Gasteiger partial charge in [-0.3, -0.25) is 9.59 Å². The Kier molecular flexibility index (Phi) is 9.73. The predicted molar refractivity (Wildman–Crippen MR) is 143 cm³/mol. The number of thiazole rings is 1. The number of hydrogen-bond donors (Lipinski definition) is 3. The summed E-state index contributed by atoms with van der Waals surface area (Å²) in [6, 6.07) is 7.14. The molecule has 2 amide bonds. The Morgan fingerprint density at radius 2 is 1.74 bits per heavy atom. The van der Waals surface area contributed by atoms with Gasteiger partial charge >= 0.3 is 0 Å². The number of nitrogens with zero attached hydrogens (tertiary/aromatic N) is 2. The fourth-order valence-electron chi connectivity index (χ4n) is 3.19. The summed E-state index contributed by atoms with van der Waals surface area (Å²) in [6.45, 7) is 6.27. The highest BCUT2D eigenvalue weighted by Crippen LogP contribution is 2.31. The van der Waals surface area contributed by atoms with Crippen molar-refractivity contribution in [1.29, 1.82) is 0 Å². The normalized spacial score (nSPS) is 11.4. The van der Waals surface area contributed by atoms with Crippen LogP contribution in [0.3, 0.4) is 0 Å². The first-order valence-corrected chi connectivity index (χ1v) is 13.5. The van der Waals surface area contributed by atoms with Crippen LogP contribution in [0, 0.1) is 0 Å². The summed E-state index contributed by atoms with van der Waals surface area (Å²) in [6.07, 6.45) is 7.77.